The van der Waals surface area contributed by atoms with Crippen LogP contribution in [-0.2, 0) is 25.6 Å². The number of aliphatic carboxylic acids is 1. The van der Waals surface area contributed by atoms with Crippen LogP contribution >= 0.6 is 0 Å². The van der Waals surface area contributed by atoms with Crippen molar-refractivity contribution in [3.05, 3.63) is 18.2 Å². The van der Waals surface area contributed by atoms with Crippen molar-refractivity contribution in [2.75, 3.05) is 19.7 Å². The summed E-state index contributed by atoms with van der Waals surface area (Å²) in [5.41, 5.74) is 0.538. The van der Waals surface area contributed by atoms with Crippen LogP contribution in [0.4, 0.5) is 0 Å². The number of hydrogen-bond donors (Lipinski definition) is 7. The van der Waals surface area contributed by atoms with E-state index in [0.717, 1.165) is 13.0 Å². The molecule has 12 heteroatoms. The Bertz CT molecular complexity index is 688. The third kappa shape index (κ3) is 6.32. The number of aromatic amines is 1. The van der Waals surface area contributed by atoms with Gasteiger partial charge in [-0.1, -0.05) is 0 Å². The molecule has 0 radical (unpaired) electrons. The molecule has 1 saturated heterocycles. The van der Waals surface area contributed by atoms with Crippen LogP contribution in [0.25, 0.3) is 0 Å². The van der Waals surface area contributed by atoms with Gasteiger partial charge in [-0.25, -0.2) is 9.78 Å². The van der Waals surface area contributed by atoms with E-state index in [-0.39, 0.29) is 24.9 Å². The molecule has 3 unspecified atom stereocenters. The number of rotatable bonds is 10. The predicted octanol–water partition coefficient (Wildman–Crippen LogP) is -3.13. The molecular formula is C16H24N6O6. The Morgan fingerprint density at radius 3 is 2.61 bits per heavy atom. The number of imidazole rings is 1. The van der Waals surface area contributed by atoms with Crippen LogP contribution < -0.4 is 21.3 Å². The summed E-state index contributed by atoms with van der Waals surface area (Å²) in [7, 11) is 0. The molecule has 0 aliphatic carbocycles. The Hall–Kier alpha value is -2.99. The highest BCUT2D eigenvalue weighted by molar-refractivity contribution is 5.92. The van der Waals surface area contributed by atoms with Gasteiger partial charge in [-0.2, -0.15) is 0 Å². The van der Waals surface area contributed by atoms with E-state index in [4.69, 9.17) is 10.2 Å². The largest absolute Gasteiger partial charge is 0.480 e. The van der Waals surface area contributed by atoms with Crippen molar-refractivity contribution in [2.45, 2.75) is 37.4 Å². The summed E-state index contributed by atoms with van der Waals surface area (Å²) in [5.74, 6) is -3.10. The number of aromatic nitrogens is 2. The van der Waals surface area contributed by atoms with E-state index in [2.05, 4.69) is 31.2 Å². The van der Waals surface area contributed by atoms with Crippen molar-refractivity contribution in [3.8, 4) is 0 Å². The number of aliphatic hydroxyl groups excluding tert-OH is 1. The van der Waals surface area contributed by atoms with Gasteiger partial charge in [0.05, 0.1) is 25.5 Å². The van der Waals surface area contributed by atoms with Gasteiger partial charge >= 0.3 is 5.97 Å². The Morgan fingerprint density at radius 2 is 2.04 bits per heavy atom. The number of carbonyl (C=O) groups excluding carboxylic acids is 3. The molecule has 7 N–H and O–H groups in total. The normalized spacial score (nSPS) is 18.1. The summed E-state index contributed by atoms with van der Waals surface area (Å²) < 4.78 is 0. The Morgan fingerprint density at radius 1 is 1.25 bits per heavy atom. The molecule has 2 rings (SSSR count). The van der Waals surface area contributed by atoms with Crippen molar-refractivity contribution in [3.63, 3.8) is 0 Å². The first-order chi connectivity index (χ1) is 13.4. The molecule has 1 aromatic rings. The number of carboxylic acid groups (broad SMARTS) is 1. The van der Waals surface area contributed by atoms with E-state index in [1.807, 2.05) is 0 Å². The maximum Gasteiger partial charge on any atom is 0.328 e. The van der Waals surface area contributed by atoms with Crippen molar-refractivity contribution in [1.82, 2.24) is 31.2 Å². The molecule has 1 fully saturated rings. The van der Waals surface area contributed by atoms with E-state index in [1.165, 1.54) is 12.5 Å². The number of nitrogens with zero attached hydrogens (tertiary/aromatic N) is 1. The van der Waals surface area contributed by atoms with Crippen LogP contribution in [0.5, 0.6) is 0 Å². The highest BCUT2D eigenvalue weighted by atomic mass is 16.4. The Labute approximate surface area is 160 Å². The molecule has 1 aliphatic heterocycles. The van der Waals surface area contributed by atoms with Crippen LogP contribution in [0.3, 0.4) is 0 Å². The zero-order chi connectivity index (χ0) is 20.5. The Kier molecular flexibility index (Phi) is 7.89. The number of nitrogens with one attached hydrogen (secondary N) is 5. The minimum atomic E-state index is -1.50. The minimum absolute atomic E-state index is 0.0213. The molecule has 0 aromatic carbocycles. The molecule has 0 saturated carbocycles. The number of H-pyrrole nitrogens is 1. The van der Waals surface area contributed by atoms with Crippen LogP contribution in [0.2, 0.25) is 0 Å². The molecule has 1 aromatic heterocycles. The summed E-state index contributed by atoms with van der Waals surface area (Å²) in [6, 6.07) is -2.96. The van der Waals surface area contributed by atoms with Gasteiger partial charge < -0.3 is 36.5 Å². The maximum atomic E-state index is 12.4. The molecular weight excluding hydrogens is 372 g/mol. The second kappa shape index (κ2) is 10.4. The number of carbonyl (C=O) groups is 4. The molecule has 2 heterocycles. The van der Waals surface area contributed by atoms with Crippen molar-refractivity contribution in [2.24, 2.45) is 0 Å². The zero-order valence-electron chi connectivity index (χ0n) is 15.1. The number of hydrogen-bond acceptors (Lipinski definition) is 7. The van der Waals surface area contributed by atoms with E-state index < -0.39 is 36.5 Å². The number of amides is 3. The molecule has 12 nitrogen and oxygen atoms in total. The highest BCUT2D eigenvalue weighted by Crippen LogP contribution is 2.04. The van der Waals surface area contributed by atoms with Crippen LogP contribution in [-0.4, -0.2) is 81.7 Å². The third-order valence-corrected chi connectivity index (χ3v) is 4.23. The van der Waals surface area contributed by atoms with E-state index in [1.54, 1.807) is 0 Å². The lowest BCUT2D eigenvalue weighted by Crippen LogP contribution is -2.55. The third-order valence-electron chi connectivity index (χ3n) is 4.23. The lowest BCUT2D eigenvalue weighted by Gasteiger charge is -2.20. The molecule has 154 valence electrons. The molecule has 28 heavy (non-hydrogen) atoms. The molecule has 1 aliphatic rings. The van der Waals surface area contributed by atoms with Gasteiger partial charge in [0, 0.05) is 18.3 Å². The van der Waals surface area contributed by atoms with Gasteiger partial charge in [-0.15, -0.1) is 0 Å². The summed E-state index contributed by atoms with van der Waals surface area (Å²) in [6.07, 6.45) is 4.45. The van der Waals surface area contributed by atoms with Crippen molar-refractivity contribution in [1.29, 1.82) is 0 Å². The summed E-state index contributed by atoms with van der Waals surface area (Å²) >= 11 is 0. The van der Waals surface area contributed by atoms with Gasteiger partial charge in [0.15, 0.2) is 0 Å². The monoisotopic (exact) mass is 396 g/mol. The molecule has 0 bridgehead atoms. The van der Waals surface area contributed by atoms with E-state index in [9.17, 15) is 19.2 Å². The first-order valence-corrected chi connectivity index (χ1v) is 8.82. The smallest absolute Gasteiger partial charge is 0.328 e. The topological polar surface area (TPSA) is 186 Å². The lowest BCUT2D eigenvalue weighted by atomic mass is 10.1. The molecule has 3 amide bonds. The summed E-state index contributed by atoms with van der Waals surface area (Å²) in [5, 5.41) is 28.1. The van der Waals surface area contributed by atoms with Gasteiger partial charge in [-0.05, 0) is 19.4 Å². The SMILES string of the molecule is O=C(CNC(=O)C1CCCN1)NC(Cc1cnc[nH]1)C(=O)NC(CO)C(=O)O. The molecule has 3 atom stereocenters. The summed E-state index contributed by atoms with van der Waals surface area (Å²) in [6.45, 7) is -0.380. The zero-order valence-corrected chi connectivity index (χ0v) is 15.1. The highest BCUT2D eigenvalue weighted by Gasteiger charge is 2.27. The average Bonchev–Trinajstić information content (AvgIpc) is 3.37. The summed E-state index contributed by atoms with van der Waals surface area (Å²) in [4.78, 5) is 54.1. The van der Waals surface area contributed by atoms with Gasteiger partial charge in [0.1, 0.15) is 12.1 Å². The van der Waals surface area contributed by atoms with Gasteiger partial charge in [0.2, 0.25) is 17.7 Å². The number of aliphatic hydroxyl groups is 1. The maximum absolute atomic E-state index is 12.4. The lowest BCUT2D eigenvalue weighted by molar-refractivity contribution is -0.143. The standard InChI is InChI=1S/C16H24N6O6/c23-7-12(16(27)28)22-15(26)11(4-9-5-17-8-20-9)21-13(24)6-19-14(25)10-2-1-3-18-10/h5,8,10-12,18,23H,1-4,6-7H2,(H,17,20)(H,19,25)(H,21,24)(H,22,26)(H,27,28). The van der Waals surface area contributed by atoms with Gasteiger partial charge in [-0.3, -0.25) is 14.4 Å². The fraction of sp³-hybridized carbons (Fsp3) is 0.562. The van der Waals surface area contributed by atoms with Crippen LogP contribution in [0, 0.1) is 0 Å². The second-order valence-electron chi connectivity index (χ2n) is 6.35. The molecule has 0 spiro atoms. The van der Waals surface area contributed by atoms with Crippen molar-refractivity contribution < 1.29 is 29.4 Å². The van der Waals surface area contributed by atoms with Crippen LogP contribution in [0.1, 0.15) is 18.5 Å². The number of carboxylic acids is 1. The first kappa shape index (κ1) is 21.3. The first-order valence-electron chi connectivity index (χ1n) is 8.82. The second-order valence-corrected chi connectivity index (χ2v) is 6.35. The van der Waals surface area contributed by atoms with Crippen molar-refractivity contribution >= 4 is 23.7 Å². The Balaban J connectivity index is 1.93. The fourth-order valence-electron chi connectivity index (χ4n) is 2.73. The minimum Gasteiger partial charge on any atom is -0.480 e. The van der Waals surface area contributed by atoms with Crippen LogP contribution in [0.15, 0.2) is 12.5 Å². The van der Waals surface area contributed by atoms with E-state index in [0.29, 0.717) is 12.1 Å². The predicted molar refractivity (Wildman–Crippen MR) is 94.9 cm³/mol. The van der Waals surface area contributed by atoms with Gasteiger partial charge in [0.25, 0.3) is 0 Å². The quantitative estimate of drug-likeness (QED) is 0.216. The average molecular weight is 396 g/mol. The fourth-order valence-corrected chi connectivity index (χ4v) is 2.73. The van der Waals surface area contributed by atoms with E-state index >= 15 is 0 Å².